The lowest BCUT2D eigenvalue weighted by Gasteiger charge is -2.14. The highest BCUT2D eigenvalue weighted by atomic mass is 127. The molecule has 0 unspecified atom stereocenters. The van der Waals surface area contributed by atoms with Crippen LogP contribution in [0.2, 0.25) is 5.15 Å². The van der Waals surface area contributed by atoms with Crippen LogP contribution in [0.5, 0.6) is 5.75 Å². The van der Waals surface area contributed by atoms with E-state index < -0.39 is 0 Å². The number of methoxy groups -OCH3 is 1. The number of halogens is 2. The summed E-state index contributed by atoms with van der Waals surface area (Å²) in [5.41, 5.74) is 1.98. The van der Waals surface area contributed by atoms with Crippen LogP contribution in [-0.2, 0) is 0 Å². The quantitative estimate of drug-likeness (QED) is 0.520. The molecule has 0 spiro atoms. The molecular weight excluding hydrogens is 399 g/mol. The maximum atomic E-state index is 6.34. The largest absolute Gasteiger partial charge is 0.496 e. The van der Waals surface area contributed by atoms with Crippen LogP contribution >= 0.6 is 34.2 Å². The number of hydrogen-bond donors (Lipinski definition) is 0. The molecule has 21 heavy (non-hydrogen) atoms. The predicted octanol–water partition coefficient (Wildman–Crippen LogP) is 5.07. The number of para-hydroxylation sites is 1. The van der Waals surface area contributed by atoms with E-state index in [0.717, 1.165) is 20.6 Å². The van der Waals surface area contributed by atoms with Gasteiger partial charge in [-0.2, -0.15) is 0 Å². The van der Waals surface area contributed by atoms with Crippen molar-refractivity contribution in [1.29, 1.82) is 0 Å². The average molecular weight is 415 g/mol. The molecule has 110 valence electrons. The fourth-order valence-electron chi connectivity index (χ4n) is 2.86. The number of ether oxygens (including phenoxy) is 1. The summed E-state index contributed by atoms with van der Waals surface area (Å²) in [6.45, 7) is 0. The van der Waals surface area contributed by atoms with Crippen molar-refractivity contribution in [2.24, 2.45) is 0 Å². The Labute approximate surface area is 143 Å². The number of aromatic nitrogens is 2. The molecule has 3 nitrogen and oxygen atoms in total. The van der Waals surface area contributed by atoms with Gasteiger partial charge in [-0.15, -0.1) is 0 Å². The maximum Gasteiger partial charge on any atom is 0.164 e. The number of benzene rings is 1. The van der Waals surface area contributed by atoms with Crippen molar-refractivity contribution in [2.45, 2.75) is 31.6 Å². The van der Waals surface area contributed by atoms with Crippen LogP contribution in [0, 0.1) is 3.57 Å². The van der Waals surface area contributed by atoms with Gasteiger partial charge in [-0.05, 0) is 47.6 Å². The highest BCUT2D eigenvalue weighted by Crippen LogP contribution is 2.38. The standard InChI is InChI=1S/C16H16ClIN2O/c1-21-12-9-5-4-8-11(12)16-19-14(10-6-2-3-7-10)13(18)15(17)20-16/h4-5,8-10H,2-3,6-7H2,1H3. The minimum absolute atomic E-state index is 0.505. The first-order chi connectivity index (χ1) is 10.2. The number of hydrogen-bond acceptors (Lipinski definition) is 3. The van der Waals surface area contributed by atoms with Crippen LogP contribution < -0.4 is 4.74 Å². The van der Waals surface area contributed by atoms with Gasteiger partial charge in [0.1, 0.15) is 10.9 Å². The summed E-state index contributed by atoms with van der Waals surface area (Å²) in [7, 11) is 1.66. The van der Waals surface area contributed by atoms with Crippen molar-refractivity contribution >= 4 is 34.2 Å². The topological polar surface area (TPSA) is 35.0 Å². The van der Waals surface area contributed by atoms with Crippen molar-refractivity contribution in [2.75, 3.05) is 7.11 Å². The minimum atomic E-state index is 0.505. The van der Waals surface area contributed by atoms with E-state index in [1.165, 1.54) is 25.7 Å². The Hall–Kier alpha value is -0.880. The van der Waals surface area contributed by atoms with Gasteiger partial charge in [0.15, 0.2) is 5.82 Å². The Kier molecular flexibility index (Phi) is 4.64. The van der Waals surface area contributed by atoms with E-state index in [1.807, 2.05) is 24.3 Å². The molecule has 1 aromatic heterocycles. The van der Waals surface area contributed by atoms with Crippen molar-refractivity contribution in [3.8, 4) is 17.1 Å². The van der Waals surface area contributed by atoms with Crippen LogP contribution in [0.15, 0.2) is 24.3 Å². The fourth-order valence-corrected chi connectivity index (χ4v) is 3.71. The highest BCUT2D eigenvalue weighted by Gasteiger charge is 2.24. The molecule has 0 radical (unpaired) electrons. The minimum Gasteiger partial charge on any atom is -0.496 e. The van der Waals surface area contributed by atoms with Gasteiger partial charge in [-0.25, -0.2) is 9.97 Å². The van der Waals surface area contributed by atoms with Gasteiger partial charge in [0.25, 0.3) is 0 Å². The Balaban J connectivity index is 2.11. The molecule has 0 atom stereocenters. The summed E-state index contributed by atoms with van der Waals surface area (Å²) < 4.78 is 6.40. The van der Waals surface area contributed by atoms with Gasteiger partial charge in [0, 0.05) is 5.92 Å². The SMILES string of the molecule is COc1ccccc1-c1nc(Cl)c(I)c(C2CCCC2)n1. The van der Waals surface area contributed by atoms with Gasteiger partial charge in [-0.1, -0.05) is 36.6 Å². The average Bonchev–Trinajstić information content (AvgIpc) is 3.04. The third-order valence-corrected chi connectivity index (χ3v) is 5.58. The lowest BCUT2D eigenvalue weighted by molar-refractivity contribution is 0.416. The van der Waals surface area contributed by atoms with Crippen LogP contribution in [0.1, 0.15) is 37.3 Å². The van der Waals surface area contributed by atoms with Crippen LogP contribution in [-0.4, -0.2) is 17.1 Å². The zero-order valence-corrected chi connectivity index (χ0v) is 14.7. The molecule has 5 heteroatoms. The summed E-state index contributed by atoms with van der Waals surface area (Å²) in [5, 5.41) is 0.536. The summed E-state index contributed by atoms with van der Waals surface area (Å²) in [5.74, 6) is 1.93. The van der Waals surface area contributed by atoms with E-state index in [9.17, 15) is 0 Å². The Morgan fingerprint density at radius 2 is 1.90 bits per heavy atom. The molecule has 0 bridgehead atoms. The molecule has 0 N–H and O–H groups in total. The first-order valence-corrected chi connectivity index (χ1v) is 8.52. The zero-order chi connectivity index (χ0) is 14.8. The lowest BCUT2D eigenvalue weighted by Crippen LogP contribution is -2.05. The Morgan fingerprint density at radius 3 is 2.62 bits per heavy atom. The smallest absolute Gasteiger partial charge is 0.164 e. The highest BCUT2D eigenvalue weighted by molar-refractivity contribution is 14.1. The maximum absolute atomic E-state index is 6.34. The number of rotatable bonds is 3. The molecular formula is C16H16ClIN2O. The third-order valence-electron chi connectivity index (χ3n) is 3.93. The molecule has 1 aliphatic rings. The van der Waals surface area contributed by atoms with Crippen molar-refractivity contribution < 1.29 is 4.74 Å². The summed E-state index contributed by atoms with van der Waals surface area (Å²) in [4.78, 5) is 9.26. The van der Waals surface area contributed by atoms with Crippen molar-refractivity contribution in [1.82, 2.24) is 9.97 Å². The molecule has 0 amide bonds. The van der Waals surface area contributed by atoms with E-state index in [1.54, 1.807) is 7.11 Å². The summed E-state index contributed by atoms with van der Waals surface area (Å²) >= 11 is 8.60. The monoisotopic (exact) mass is 414 g/mol. The molecule has 0 aliphatic heterocycles. The molecule has 1 saturated carbocycles. The van der Waals surface area contributed by atoms with Gasteiger partial charge in [-0.3, -0.25) is 0 Å². The van der Waals surface area contributed by atoms with Gasteiger partial charge in [0.05, 0.1) is 21.9 Å². The predicted molar refractivity (Wildman–Crippen MR) is 93.0 cm³/mol. The normalized spacial score (nSPS) is 15.4. The number of nitrogens with zero attached hydrogens (tertiary/aromatic N) is 2. The molecule has 0 saturated heterocycles. The lowest BCUT2D eigenvalue weighted by atomic mass is 10.0. The van der Waals surface area contributed by atoms with E-state index in [2.05, 4.69) is 27.6 Å². The van der Waals surface area contributed by atoms with Crippen molar-refractivity contribution in [3.63, 3.8) is 0 Å². The van der Waals surface area contributed by atoms with E-state index in [-0.39, 0.29) is 0 Å². The van der Waals surface area contributed by atoms with Crippen LogP contribution in [0.4, 0.5) is 0 Å². The van der Waals surface area contributed by atoms with Crippen LogP contribution in [0.3, 0.4) is 0 Å². The second kappa shape index (κ2) is 6.48. The first-order valence-electron chi connectivity index (χ1n) is 7.07. The second-order valence-electron chi connectivity index (χ2n) is 5.22. The van der Waals surface area contributed by atoms with E-state index >= 15 is 0 Å². The molecule has 1 aliphatic carbocycles. The molecule has 1 fully saturated rings. The summed E-state index contributed by atoms with van der Waals surface area (Å²) in [6, 6.07) is 7.78. The van der Waals surface area contributed by atoms with Gasteiger partial charge < -0.3 is 4.74 Å². The Bertz CT molecular complexity index is 657. The second-order valence-corrected chi connectivity index (χ2v) is 6.66. The van der Waals surface area contributed by atoms with Crippen molar-refractivity contribution in [3.05, 3.63) is 38.7 Å². The molecule has 3 rings (SSSR count). The van der Waals surface area contributed by atoms with E-state index in [4.69, 9.17) is 21.3 Å². The first kappa shape index (κ1) is 15.0. The Morgan fingerprint density at radius 1 is 1.19 bits per heavy atom. The molecule has 1 aromatic carbocycles. The molecule has 2 aromatic rings. The third kappa shape index (κ3) is 3.01. The fraction of sp³-hybridized carbons (Fsp3) is 0.375. The van der Waals surface area contributed by atoms with Crippen LogP contribution in [0.25, 0.3) is 11.4 Å². The molecule has 1 heterocycles. The van der Waals surface area contributed by atoms with Gasteiger partial charge in [0.2, 0.25) is 0 Å². The zero-order valence-electron chi connectivity index (χ0n) is 11.8. The van der Waals surface area contributed by atoms with Gasteiger partial charge >= 0.3 is 0 Å². The summed E-state index contributed by atoms with van der Waals surface area (Å²) in [6.07, 6.45) is 4.92. The van der Waals surface area contributed by atoms with E-state index in [0.29, 0.717) is 16.9 Å².